The molecule has 0 atom stereocenters. The van der Waals surface area contributed by atoms with Crippen molar-refractivity contribution in [3.63, 3.8) is 0 Å². The molecule has 2 rings (SSSR count). The van der Waals surface area contributed by atoms with Gasteiger partial charge < -0.3 is 0 Å². The Labute approximate surface area is 154 Å². The van der Waals surface area contributed by atoms with E-state index in [1.807, 2.05) is 26.8 Å². The summed E-state index contributed by atoms with van der Waals surface area (Å²) in [6, 6.07) is 13.9. The predicted molar refractivity (Wildman–Crippen MR) is 97.9 cm³/mol. The van der Waals surface area contributed by atoms with Crippen LogP contribution in [0.3, 0.4) is 0 Å². The molecule has 0 unspecified atom stereocenters. The zero-order valence-corrected chi connectivity index (χ0v) is 16.3. The molecule has 0 spiro atoms. The van der Waals surface area contributed by atoms with Gasteiger partial charge in [0.15, 0.2) is 0 Å². The van der Waals surface area contributed by atoms with E-state index >= 15 is 0 Å². The molecule has 26 heavy (non-hydrogen) atoms. The lowest BCUT2D eigenvalue weighted by molar-refractivity contribution is 0.481. The van der Waals surface area contributed by atoms with Crippen LogP contribution in [-0.2, 0) is 20.2 Å². The van der Waals surface area contributed by atoms with Gasteiger partial charge in [0, 0.05) is 6.42 Å². The maximum Gasteiger partial charge on any atom is 0.294 e. The first-order chi connectivity index (χ1) is 11.9. The van der Waals surface area contributed by atoms with Crippen LogP contribution in [0.4, 0.5) is 0 Å². The van der Waals surface area contributed by atoms with Crippen LogP contribution in [0.2, 0.25) is 0 Å². The first kappa shape index (κ1) is 23.8. The lowest BCUT2D eigenvalue weighted by Gasteiger charge is -1.95. The third-order valence-corrected chi connectivity index (χ3v) is 4.53. The van der Waals surface area contributed by atoms with Crippen molar-refractivity contribution in [2.45, 2.75) is 37.0 Å². The number of nitrogens with zero attached hydrogens (tertiary/aromatic N) is 1. The highest BCUT2D eigenvalue weighted by molar-refractivity contribution is 7.86. The molecule has 0 heterocycles. The highest BCUT2D eigenvalue weighted by Gasteiger charge is 2.07. The van der Waals surface area contributed by atoms with E-state index in [2.05, 4.69) is 0 Å². The summed E-state index contributed by atoms with van der Waals surface area (Å²) >= 11 is 0. The van der Waals surface area contributed by atoms with Crippen molar-refractivity contribution in [2.24, 2.45) is 0 Å². The zero-order valence-electron chi connectivity index (χ0n) is 14.6. The highest BCUT2D eigenvalue weighted by atomic mass is 32.2. The number of benzene rings is 2. The fraction of sp³-hybridized carbons (Fsp3) is 0.235. The Bertz CT molecular complexity index is 853. The van der Waals surface area contributed by atoms with Crippen LogP contribution in [0.1, 0.15) is 24.5 Å². The molecule has 0 saturated carbocycles. The van der Waals surface area contributed by atoms with E-state index in [1.165, 1.54) is 24.3 Å². The second-order valence-corrected chi connectivity index (χ2v) is 7.93. The van der Waals surface area contributed by atoms with Gasteiger partial charge in [0.25, 0.3) is 20.2 Å². The lowest BCUT2D eigenvalue weighted by Crippen LogP contribution is -1.96. The van der Waals surface area contributed by atoms with Gasteiger partial charge in [0.1, 0.15) is 0 Å². The quantitative estimate of drug-likeness (QED) is 0.739. The monoisotopic (exact) mass is 399 g/mol. The normalized spacial score (nSPS) is 10.5. The molecule has 0 aliphatic carbocycles. The van der Waals surface area contributed by atoms with E-state index in [1.54, 1.807) is 24.3 Å². The van der Waals surface area contributed by atoms with Crippen molar-refractivity contribution in [1.82, 2.24) is 0 Å². The van der Waals surface area contributed by atoms with Crippen molar-refractivity contribution in [3.05, 3.63) is 59.7 Å². The maximum atomic E-state index is 10.5. The molecule has 7 nitrogen and oxygen atoms in total. The average molecular weight is 399 g/mol. The number of nitriles is 1. The molecule has 142 valence electrons. The molecule has 0 radical (unpaired) electrons. The van der Waals surface area contributed by atoms with E-state index in [9.17, 15) is 16.8 Å². The standard InChI is InChI=1S/2C7H8O3S.C3H5N/c2*1-6-2-4-7(5-3-6)11(8,9)10;1-2-3-4/h2*2-5H,1H3,(H,8,9,10);2H2,1H3. The van der Waals surface area contributed by atoms with Gasteiger partial charge in [0.05, 0.1) is 15.9 Å². The third-order valence-electron chi connectivity index (χ3n) is 2.80. The summed E-state index contributed by atoms with van der Waals surface area (Å²) in [7, 11) is -8.04. The summed E-state index contributed by atoms with van der Waals surface area (Å²) in [6.45, 7) is 5.50. The van der Waals surface area contributed by atoms with Crippen molar-refractivity contribution in [2.75, 3.05) is 0 Å². The third kappa shape index (κ3) is 9.90. The lowest BCUT2D eigenvalue weighted by atomic mass is 10.2. The van der Waals surface area contributed by atoms with Crippen molar-refractivity contribution in [1.29, 1.82) is 5.26 Å². The van der Waals surface area contributed by atoms with Gasteiger partial charge in [-0.15, -0.1) is 0 Å². The minimum Gasteiger partial charge on any atom is -0.282 e. The zero-order chi connectivity index (χ0) is 20.4. The summed E-state index contributed by atoms with van der Waals surface area (Å²) in [5.74, 6) is 0. The maximum absolute atomic E-state index is 10.5. The SMILES string of the molecule is CCC#N.Cc1ccc(S(=O)(=O)O)cc1.Cc1ccc(S(=O)(=O)O)cc1. The van der Waals surface area contributed by atoms with Crippen molar-refractivity contribution >= 4 is 20.2 Å². The summed E-state index contributed by atoms with van der Waals surface area (Å²) < 4.78 is 59.1. The summed E-state index contributed by atoms with van der Waals surface area (Å²) in [4.78, 5) is -0.133. The first-order valence-corrected chi connectivity index (χ1v) is 10.2. The van der Waals surface area contributed by atoms with Gasteiger partial charge in [-0.05, 0) is 38.1 Å². The Kier molecular flexibility index (Phi) is 9.75. The fourth-order valence-electron chi connectivity index (χ4n) is 1.42. The van der Waals surface area contributed by atoms with Crippen LogP contribution >= 0.6 is 0 Å². The Balaban J connectivity index is 0.000000401. The first-order valence-electron chi connectivity index (χ1n) is 7.37. The molecule has 0 saturated heterocycles. The molecular weight excluding hydrogens is 378 g/mol. The van der Waals surface area contributed by atoms with Crippen LogP contribution in [0, 0.1) is 25.2 Å². The van der Waals surface area contributed by atoms with Gasteiger partial charge >= 0.3 is 0 Å². The predicted octanol–water partition coefficient (Wildman–Crippen LogP) is 3.40. The molecule has 9 heteroatoms. The Hall–Kier alpha value is -2.25. The molecule has 2 aromatic carbocycles. The van der Waals surface area contributed by atoms with Crippen LogP contribution < -0.4 is 0 Å². The number of hydrogen-bond acceptors (Lipinski definition) is 5. The summed E-state index contributed by atoms with van der Waals surface area (Å²) in [5, 5.41) is 7.62. The van der Waals surface area contributed by atoms with Crippen LogP contribution in [0.25, 0.3) is 0 Å². The highest BCUT2D eigenvalue weighted by Crippen LogP contribution is 2.09. The van der Waals surface area contributed by atoms with Crippen LogP contribution in [0.15, 0.2) is 58.3 Å². The topological polar surface area (TPSA) is 133 Å². The van der Waals surface area contributed by atoms with E-state index in [4.69, 9.17) is 14.4 Å². The van der Waals surface area contributed by atoms with Crippen molar-refractivity contribution in [3.8, 4) is 6.07 Å². The molecule has 0 aliphatic heterocycles. The molecule has 2 aromatic rings. The minimum atomic E-state index is -4.02. The molecule has 0 bridgehead atoms. The number of hydrogen-bond donors (Lipinski definition) is 2. The Morgan fingerprint density at radius 2 is 1.00 bits per heavy atom. The molecule has 0 amide bonds. The Morgan fingerprint density at radius 3 is 1.15 bits per heavy atom. The average Bonchev–Trinajstić information content (AvgIpc) is 2.55. The smallest absolute Gasteiger partial charge is 0.282 e. The molecule has 2 N–H and O–H groups in total. The second kappa shape index (κ2) is 10.7. The second-order valence-electron chi connectivity index (χ2n) is 5.09. The van der Waals surface area contributed by atoms with Gasteiger partial charge in [-0.3, -0.25) is 9.11 Å². The largest absolute Gasteiger partial charge is 0.294 e. The van der Waals surface area contributed by atoms with Crippen LogP contribution in [-0.4, -0.2) is 25.9 Å². The van der Waals surface area contributed by atoms with E-state index in [0.29, 0.717) is 6.42 Å². The van der Waals surface area contributed by atoms with E-state index in [0.717, 1.165) is 11.1 Å². The molecule has 0 aliphatic rings. The number of aryl methyl sites for hydroxylation is 2. The van der Waals surface area contributed by atoms with Gasteiger partial charge in [-0.1, -0.05) is 42.3 Å². The molecule has 0 aromatic heterocycles. The Morgan fingerprint density at radius 1 is 0.769 bits per heavy atom. The fourth-order valence-corrected chi connectivity index (χ4v) is 2.38. The van der Waals surface area contributed by atoms with Gasteiger partial charge in [0.2, 0.25) is 0 Å². The summed E-state index contributed by atoms with van der Waals surface area (Å²) in [5.41, 5.74) is 1.91. The number of rotatable bonds is 2. The molecular formula is C17H21NO6S2. The van der Waals surface area contributed by atoms with Gasteiger partial charge in [-0.25, -0.2) is 0 Å². The minimum absolute atomic E-state index is 0.0666. The van der Waals surface area contributed by atoms with E-state index in [-0.39, 0.29) is 9.79 Å². The summed E-state index contributed by atoms with van der Waals surface area (Å²) in [6.07, 6.45) is 0.625. The van der Waals surface area contributed by atoms with E-state index < -0.39 is 20.2 Å². The van der Waals surface area contributed by atoms with Gasteiger partial charge in [-0.2, -0.15) is 22.1 Å². The van der Waals surface area contributed by atoms with Crippen molar-refractivity contribution < 1.29 is 25.9 Å². The van der Waals surface area contributed by atoms with Crippen LogP contribution in [0.5, 0.6) is 0 Å². The molecule has 0 fully saturated rings.